The summed E-state index contributed by atoms with van der Waals surface area (Å²) in [5, 5.41) is 15.2. The van der Waals surface area contributed by atoms with Gasteiger partial charge in [0, 0.05) is 59.7 Å². The Bertz CT molecular complexity index is 1230. The Labute approximate surface area is 191 Å². The van der Waals surface area contributed by atoms with Crippen LogP contribution < -0.4 is 0 Å². The maximum Gasteiger partial charge on any atom is 0.0656 e. The zero-order valence-corrected chi connectivity index (χ0v) is 18.7. The van der Waals surface area contributed by atoms with Crippen molar-refractivity contribution in [3.8, 4) is 28.3 Å². The van der Waals surface area contributed by atoms with Gasteiger partial charge in [0.1, 0.15) is 0 Å². The molecule has 0 atom stereocenters. The molecule has 4 nitrogen and oxygen atoms in total. The molecule has 0 spiro atoms. The first-order chi connectivity index (χ1) is 15.2. The summed E-state index contributed by atoms with van der Waals surface area (Å²) in [6.07, 6.45) is 8.00. The molecule has 156 valence electrons. The van der Waals surface area contributed by atoms with Gasteiger partial charge in [0.15, 0.2) is 0 Å². The van der Waals surface area contributed by atoms with Crippen LogP contribution in [0.1, 0.15) is 12.8 Å². The Kier molecular flexibility index (Phi) is 5.78. The summed E-state index contributed by atoms with van der Waals surface area (Å²) in [6.45, 7) is 3.86. The second-order valence-corrected chi connectivity index (χ2v) is 9.28. The summed E-state index contributed by atoms with van der Waals surface area (Å²) >= 11 is 8.36. The van der Waals surface area contributed by atoms with Gasteiger partial charge in [0.05, 0.1) is 16.6 Å². The van der Waals surface area contributed by atoms with Crippen molar-refractivity contribution in [2.24, 2.45) is 5.92 Å². The van der Waals surface area contributed by atoms with Crippen LogP contribution in [0.5, 0.6) is 0 Å². The highest BCUT2D eigenvalue weighted by atomic mass is 35.5. The largest absolute Gasteiger partial charge is 0.346 e. The predicted octanol–water partition coefficient (Wildman–Crippen LogP) is 6.32. The lowest BCUT2D eigenvalue weighted by Crippen LogP contribution is -2.35. The minimum absolute atomic E-state index is 0.220. The number of piperidine rings is 1. The Morgan fingerprint density at radius 3 is 2.71 bits per heavy atom. The van der Waals surface area contributed by atoms with E-state index in [4.69, 9.17) is 16.9 Å². The first kappa shape index (κ1) is 20.3. The van der Waals surface area contributed by atoms with Gasteiger partial charge in [0.25, 0.3) is 0 Å². The number of nitriles is 1. The van der Waals surface area contributed by atoms with E-state index >= 15 is 0 Å². The molecule has 0 amide bonds. The smallest absolute Gasteiger partial charge is 0.0656 e. The third-order valence-electron chi connectivity index (χ3n) is 6.19. The summed E-state index contributed by atoms with van der Waals surface area (Å²) in [5.74, 6) is 0.220. The zero-order valence-electron chi connectivity index (χ0n) is 17.2. The zero-order chi connectivity index (χ0) is 21.2. The number of thiophene rings is 1. The van der Waals surface area contributed by atoms with Gasteiger partial charge in [-0.1, -0.05) is 17.7 Å². The van der Waals surface area contributed by atoms with Crippen LogP contribution in [0.3, 0.4) is 0 Å². The number of likely N-dealkylation sites (tertiary alicyclic amines) is 1. The van der Waals surface area contributed by atoms with Crippen molar-refractivity contribution in [1.82, 2.24) is 14.5 Å². The van der Waals surface area contributed by atoms with Crippen LogP contribution in [0, 0.1) is 17.2 Å². The molecule has 0 N–H and O–H groups in total. The SMILES string of the molecule is N#CC1CCN(CCn2cc(-c3cncc(-c4ccsc4)c3)c3c(Cl)cccc32)CC1. The number of pyridine rings is 1. The molecule has 3 aromatic heterocycles. The molecule has 0 saturated carbocycles. The van der Waals surface area contributed by atoms with E-state index in [0.29, 0.717) is 0 Å². The molecule has 0 radical (unpaired) electrons. The van der Waals surface area contributed by atoms with E-state index in [9.17, 15) is 0 Å². The molecule has 1 saturated heterocycles. The van der Waals surface area contributed by atoms with Crippen molar-refractivity contribution >= 4 is 33.8 Å². The molecule has 5 rings (SSSR count). The lowest BCUT2D eigenvalue weighted by molar-refractivity contribution is 0.200. The van der Waals surface area contributed by atoms with Crippen molar-refractivity contribution in [2.75, 3.05) is 19.6 Å². The molecule has 4 heterocycles. The summed E-state index contributed by atoms with van der Waals surface area (Å²) in [6, 6.07) is 12.9. The normalized spacial score (nSPS) is 15.4. The molecular formula is C25H23ClN4S. The predicted molar refractivity (Wildman–Crippen MR) is 128 cm³/mol. The lowest BCUT2D eigenvalue weighted by atomic mass is 9.99. The topological polar surface area (TPSA) is 44.9 Å². The molecule has 0 unspecified atom stereocenters. The molecule has 1 aromatic carbocycles. The fraction of sp³-hybridized carbons (Fsp3) is 0.280. The first-order valence-electron chi connectivity index (χ1n) is 10.6. The highest BCUT2D eigenvalue weighted by Gasteiger charge is 2.19. The van der Waals surface area contributed by atoms with E-state index in [-0.39, 0.29) is 5.92 Å². The highest BCUT2D eigenvalue weighted by molar-refractivity contribution is 7.08. The number of aromatic nitrogens is 2. The van der Waals surface area contributed by atoms with Crippen molar-refractivity contribution in [3.63, 3.8) is 0 Å². The maximum atomic E-state index is 9.13. The summed E-state index contributed by atoms with van der Waals surface area (Å²) < 4.78 is 2.31. The van der Waals surface area contributed by atoms with E-state index in [1.807, 2.05) is 24.5 Å². The van der Waals surface area contributed by atoms with E-state index in [1.54, 1.807) is 11.3 Å². The van der Waals surface area contributed by atoms with Gasteiger partial charge < -0.3 is 9.47 Å². The Hall–Kier alpha value is -2.65. The first-order valence-corrected chi connectivity index (χ1v) is 11.9. The molecule has 6 heteroatoms. The number of fused-ring (bicyclic) bond motifs is 1. The average molecular weight is 447 g/mol. The summed E-state index contributed by atoms with van der Waals surface area (Å²) in [4.78, 5) is 6.98. The van der Waals surface area contributed by atoms with Crippen LogP contribution in [0.25, 0.3) is 33.2 Å². The van der Waals surface area contributed by atoms with Crippen LogP contribution >= 0.6 is 22.9 Å². The average Bonchev–Trinajstić information content (AvgIpc) is 3.47. The van der Waals surface area contributed by atoms with E-state index in [0.717, 1.165) is 71.6 Å². The van der Waals surface area contributed by atoms with Crippen LogP contribution in [0.15, 0.2) is 59.7 Å². The van der Waals surface area contributed by atoms with Crippen molar-refractivity contribution in [1.29, 1.82) is 5.26 Å². The van der Waals surface area contributed by atoms with Gasteiger partial charge in [-0.3, -0.25) is 4.98 Å². The second kappa shape index (κ2) is 8.84. The van der Waals surface area contributed by atoms with Crippen LogP contribution in [-0.2, 0) is 6.54 Å². The van der Waals surface area contributed by atoms with Crippen molar-refractivity contribution in [2.45, 2.75) is 19.4 Å². The van der Waals surface area contributed by atoms with Gasteiger partial charge in [-0.05, 0) is 66.5 Å². The number of rotatable bonds is 5. The third-order valence-corrected chi connectivity index (χ3v) is 7.18. The Morgan fingerprint density at radius 1 is 1.10 bits per heavy atom. The molecule has 1 aliphatic heterocycles. The third kappa shape index (κ3) is 4.12. The molecule has 0 bridgehead atoms. The molecule has 0 aliphatic carbocycles. The van der Waals surface area contributed by atoms with Crippen LogP contribution in [0.4, 0.5) is 0 Å². The van der Waals surface area contributed by atoms with Crippen LogP contribution in [0.2, 0.25) is 5.02 Å². The van der Waals surface area contributed by atoms with E-state index in [2.05, 4.69) is 55.7 Å². The summed E-state index contributed by atoms with van der Waals surface area (Å²) in [7, 11) is 0. The number of benzene rings is 1. The van der Waals surface area contributed by atoms with Gasteiger partial charge in [-0.2, -0.15) is 16.6 Å². The van der Waals surface area contributed by atoms with Gasteiger partial charge in [0.2, 0.25) is 0 Å². The fourth-order valence-corrected chi connectivity index (χ4v) is 5.36. The molecule has 4 aromatic rings. The van der Waals surface area contributed by atoms with E-state index < -0.39 is 0 Å². The van der Waals surface area contributed by atoms with Crippen molar-refractivity contribution < 1.29 is 0 Å². The molecule has 1 fully saturated rings. The minimum atomic E-state index is 0.220. The van der Waals surface area contributed by atoms with Gasteiger partial charge in [-0.25, -0.2) is 0 Å². The summed E-state index contributed by atoms with van der Waals surface area (Å²) in [5.41, 5.74) is 5.65. The standard InChI is InChI=1S/C25H23ClN4S/c26-23-2-1-3-24-25(23)22(21-12-20(14-28-15-21)19-6-11-31-17-19)16-30(24)10-9-29-7-4-18(13-27)5-8-29/h1-3,6,11-12,14-18H,4-5,7-10H2. The molecule has 31 heavy (non-hydrogen) atoms. The number of nitrogens with zero attached hydrogens (tertiary/aromatic N) is 4. The number of halogens is 1. The number of hydrogen-bond acceptors (Lipinski definition) is 4. The Balaban J connectivity index is 1.46. The van der Waals surface area contributed by atoms with E-state index in [1.165, 1.54) is 5.56 Å². The van der Waals surface area contributed by atoms with Crippen LogP contribution in [-0.4, -0.2) is 34.1 Å². The Morgan fingerprint density at radius 2 is 1.94 bits per heavy atom. The second-order valence-electron chi connectivity index (χ2n) is 8.09. The monoisotopic (exact) mass is 446 g/mol. The van der Waals surface area contributed by atoms with Gasteiger partial charge in [-0.15, -0.1) is 0 Å². The minimum Gasteiger partial charge on any atom is -0.346 e. The maximum absolute atomic E-state index is 9.13. The fourth-order valence-electron chi connectivity index (χ4n) is 4.42. The molecular weight excluding hydrogens is 424 g/mol. The van der Waals surface area contributed by atoms with Gasteiger partial charge >= 0.3 is 0 Å². The molecule has 1 aliphatic rings. The van der Waals surface area contributed by atoms with Crippen molar-refractivity contribution in [3.05, 3.63) is 64.7 Å². The quantitative estimate of drug-likeness (QED) is 0.360. The number of hydrogen-bond donors (Lipinski definition) is 0. The highest BCUT2D eigenvalue weighted by Crippen LogP contribution is 2.37. The lowest BCUT2D eigenvalue weighted by Gasteiger charge is -2.29.